The lowest BCUT2D eigenvalue weighted by molar-refractivity contribution is -0.0116. The topological polar surface area (TPSA) is 59.1 Å². The highest BCUT2D eigenvalue weighted by molar-refractivity contribution is 5.77. The molecule has 0 radical (unpaired) electrons. The van der Waals surface area contributed by atoms with E-state index < -0.39 is 0 Å². The van der Waals surface area contributed by atoms with Gasteiger partial charge in [-0.3, -0.25) is 5.41 Å². The highest BCUT2D eigenvalue weighted by Gasteiger charge is 2.18. The average molecular weight is 158 g/mol. The molecular formula is C8H18N2O. The lowest BCUT2D eigenvalue weighted by atomic mass is 10.0. The zero-order chi connectivity index (χ0) is 8.91. The lowest BCUT2D eigenvalue weighted by Crippen LogP contribution is -2.31. The number of nitrogens with one attached hydrogen (secondary N) is 1. The molecule has 0 unspecified atom stereocenters. The van der Waals surface area contributed by atoms with Crippen LogP contribution in [0, 0.1) is 5.41 Å². The van der Waals surface area contributed by atoms with Gasteiger partial charge in [-0.1, -0.05) is 6.92 Å². The van der Waals surface area contributed by atoms with Crippen LogP contribution in [0.2, 0.25) is 0 Å². The molecule has 0 saturated carbocycles. The molecule has 0 aliphatic rings. The average Bonchev–Trinajstić information content (AvgIpc) is 1.81. The van der Waals surface area contributed by atoms with Gasteiger partial charge in [0.2, 0.25) is 0 Å². The summed E-state index contributed by atoms with van der Waals surface area (Å²) in [5.41, 5.74) is 4.98. The van der Waals surface area contributed by atoms with Gasteiger partial charge in [-0.2, -0.15) is 0 Å². The van der Waals surface area contributed by atoms with Gasteiger partial charge in [-0.05, 0) is 20.3 Å². The van der Waals surface area contributed by atoms with E-state index in [-0.39, 0.29) is 11.4 Å². The van der Waals surface area contributed by atoms with E-state index in [1.54, 1.807) is 0 Å². The highest BCUT2D eigenvalue weighted by atomic mass is 16.5. The van der Waals surface area contributed by atoms with Gasteiger partial charge in [0.15, 0.2) is 0 Å². The first kappa shape index (κ1) is 10.4. The molecule has 0 saturated heterocycles. The first-order valence-corrected chi connectivity index (χ1v) is 3.95. The third kappa shape index (κ3) is 5.85. The van der Waals surface area contributed by atoms with Crippen LogP contribution in [0.4, 0.5) is 0 Å². The largest absolute Gasteiger partial charge is 0.388 e. The summed E-state index contributed by atoms with van der Waals surface area (Å²) in [6.45, 7) is 6.69. The quantitative estimate of drug-likeness (QED) is 0.470. The minimum Gasteiger partial charge on any atom is -0.388 e. The second kappa shape index (κ2) is 4.34. The Bertz CT molecular complexity index is 132. The van der Waals surface area contributed by atoms with Crippen molar-refractivity contribution in [2.45, 2.75) is 39.2 Å². The molecule has 0 fully saturated rings. The maximum Gasteiger partial charge on any atom is 0.0934 e. The Labute approximate surface area is 68.4 Å². The summed E-state index contributed by atoms with van der Waals surface area (Å²) in [5.74, 6) is 0.186. The second-order valence-corrected chi connectivity index (χ2v) is 3.31. The highest BCUT2D eigenvalue weighted by Crippen LogP contribution is 2.13. The van der Waals surface area contributed by atoms with Crippen LogP contribution in [0.3, 0.4) is 0 Å². The number of nitrogens with two attached hydrogens (primary N) is 1. The molecule has 66 valence electrons. The van der Waals surface area contributed by atoms with E-state index >= 15 is 0 Å². The Morgan fingerprint density at radius 2 is 2.09 bits per heavy atom. The summed E-state index contributed by atoms with van der Waals surface area (Å²) >= 11 is 0. The minimum absolute atomic E-state index is 0.186. The maximum atomic E-state index is 7.08. The summed E-state index contributed by atoms with van der Waals surface area (Å²) in [6.07, 6.45) is 1.51. The van der Waals surface area contributed by atoms with Gasteiger partial charge in [-0.25, -0.2) is 0 Å². The first-order valence-electron chi connectivity index (χ1n) is 3.95. The molecule has 0 aromatic heterocycles. The SMILES string of the molecule is CCCOC(C)(C)CC(=N)N. The van der Waals surface area contributed by atoms with Crippen LogP contribution >= 0.6 is 0 Å². The lowest BCUT2D eigenvalue weighted by Gasteiger charge is -2.24. The molecule has 0 aliphatic carbocycles. The van der Waals surface area contributed by atoms with Gasteiger partial charge >= 0.3 is 0 Å². The zero-order valence-corrected chi connectivity index (χ0v) is 7.61. The van der Waals surface area contributed by atoms with Crippen LogP contribution < -0.4 is 5.73 Å². The van der Waals surface area contributed by atoms with Crippen molar-refractivity contribution in [2.75, 3.05) is 6.61 Å². The van der Waals surface area contributed by atoms with Crippen LogP contribution in [0.15, 0.2) is 0 Å². The van der Waals surface area contributed by atoms with Gasteiger partial charge in [-0.15, -0.1) is 0 Å². The van der Waals surface area contributed by atoms with E-state index in [2.05, 4.69) is 6.92 Å². The Morgan fingerprint density at radius 3 is 2.45 bits per heavy atom. The minimum atomic E-state index is -0.276. The third-order valence-corrected chi connectivity index (χ3v) is 1.31. The first-order chi connectivity index (χ1) is 4.98. The molecule has 0 heterocycles. The summed E-state index contributed by atoms with van der Waals surface area (Å²) < 4.78 is 5.47. The van der Waals surface area contributed by atoms with Crippen molar-refractivity contribution in [3.05, 3.63) is 0 Å². The van der Waals surface area contributed by atoms with Gasteiger partial charge in [0.25, 0.3) is 0 Å². The van der Waals surface area contributed by atoms with Crippen molar-refractivity contribution in [3.8, 4) is 0 Å². The van der Waals surface area contributed by atoms with Crippen molar-refractivity contribution in [1.82, 2.24) is 0 Å². The van der Waals surface area contributed by atoms with Gasteiger partial charge < -0.3 is 10.5 Å². The molecule has 0 aliphatic heterocycles. The molecule has 11 heavy (non-hydrogen) atoms. The maximum absolute atomic E-state index is 7.08. The number of amidine groups is 1. The Hall–Kier alpha value is -0.570. The van der Waals surface area contributed by atoms with Crippen LogP contribution in [-0.2, 0) is 4.74 Å². The van der Waals surface area contributed by atoms with Crippen LogP contribution in [-0.4, -0.2) is 18.0 Å². The van der Waals surface area contributed by atoms with Crippen molar-refractivity contribution >= 4 is 5.84 Å². The Kier molecular flexibility index (Phi) is 4.11. The number of hydrogen-bond acceptors (Lipinski definition) is 2. The number of rotatable bonds is 5. The van der Waals surface area contributed by atoms with Crippen LogP contribution in [0.25, 0.3) is 0 Å². The van der Waals surface area contributed by atoms with Crippen molar-refractivity contribution in [2.24, 2.45) is 5.73 Å². The molecule has 0 aromatic rings. The Balaban J connectivity index is 3.70. The zero-order valence-electron chi connectivity index (χ0n) is 7.61. The third-order valence-electron chi connectivity index (χ3n) is 1.31. The van der Waals surface area contributed by atoms with Gasteiger partial charge in [0.05, 0.1) is 11.4 Å². The normalized spacial score (nSPS) is 11.5. The molecular weight excluding hydrogens is 140 g/mol. The molecule has 0 rings (SSSR count). The fraction of sp³-hybridized carbons (Fsp3) is 0.875. The number of hydrogen-bond donors (Lipinski definition) is 2. The van der Waals surface area contributed by atoms with E-state index in [0.717, 1.165) is 13.0 Å². The van der Waals surface area contributed by atoms with Crippen molar-refractivity contribution in [1.29, 1.82) is 5.41 Å². The standard InChI is InChI=1S/C8H18N2O/c1-4-5-11-8(2,3)6-7(9)10/h4-6H2,1-3H3,(H3,9,10). The summed E-state index contributed by atoms with van der Waals surface area (Å²) in [5, 5.41) is 7.08. The molecule has 0 bridgehead atoms. The smallest absolute Gasteiger partial charge is 0.0934 e. The number of ether oxygens (including phenoxy) is 1. The monoisotopic (exact) mass is 158 g/mol. The molecule has 3 heteroatoms. The second-order valence-electron chi connectivity index (χ2n) is 3.31. The molecule has 3 N–H and O–H groups in total. The summed E-state index contributed by atoms with van der Waals surface area (Å²) in [6, 6.07) is 0. The molecule has 0 aromatic carbocycles. The fourth-order valence-corrected chi connectivity index (χ4v) is 0.888. The van der Waals surface area contributed by atoms with Gasteiger partial charge in [0.1, 0.15) is 0 Å². The van der Waals surface area contributed by atoms with E-state index in [0.29, 0.717) is 6.42 Å². The van der Waals surface area contributed by atoms with E-state index in [4.69, 9.17) is 15.9 Å². The van der Waals surface area contributed by atoms with E-state index in [1.165, 1.54) is 0 Å². The van der Waals surface area contributed by atoms with E-state index in [1.807, 2.05) is 13.8 Å². The summed E-state index contributed by atoms with van der Waals surface area (Å²) in [4.78, 5) is 0. The van der Waals surface area contributed by atoms with Crippen LogP contribution in [0.1, 0.15) is 33.6 Å². The van der Waals surface area contributed by atoms with Gasteiger partial charge in [0, 0.05) is 13.0 Å². The fourth-order valence-electron chi connectivity index (χ4n) is 0.888. The predicted molar refractivity (Wildman–Crippen MR) is 46.9 cm³/mol. The summed E-state index contributed by atoms with van der Waals surface area (Å²) in [7, 11) is 0. The molecule has 0 amide bonds. The molecule has 0 spiro atoms. The molecule has 3 nitrogen and oxygen atoms in total. The Morgan fingerprint density at radius 1 is 1.55 bits per heavy atom. The van der Waals surface area contributed by atoms with Crippen molar-refractivity contribution in [3.63, 3.8) is 0 Å². The van der Waals surface area contributed by atoms with Crippen LogP contribution in [0.5, 0.6) is 0 Å². The molecule has 0 atom stereocenters. The van der Waals surface area contributed by atoms with E-state index in [9.17, 15) is 0 Å². The predicted octanol–water partition coefficient (Wildman–Crippen LogP) is 1.52. The van der Waals surface area contributed by atoms with Crippen molar-refractivity contribution < 1.29 is 4.74 Å².